The van der Waals surface area contributed by atoms with E-state index >= 15 is 0 Å². The second kappa shape index (κ2) is 3.33. The number of aromatic nitrogens is 1. The Morgan fingerprint density at radius 2 is 2.11 bits per heavy atom. The average molecular weight is 175 g/mol. The molecule has 1 radical (unpaired) electrons. The van der Waals surface area contributed by atoms with Gasteiger partial charge in [0, 0.05) is 12.3 Å². The van der Waals surface area contributed by atoms with E-state index in [9.17, 15) is 4.79 Å². The minimum atomic E-state index is -0.410. The molecule has 9 heavy (non-hydrogen) atoms. The minimum Gasteiger partial charge on any atom is -0.425 e. The van der Waals surface area contributed by atoms with Crippen molar-refractivity contribution < 1.29 is 22.3 Å². The zero-order valence-electron chi connectivity index (χ0n) is 4.41. The third kappa shape index (κ3) is 1.91. The van der Waals surface area contributed by atoms with Crippen LogP contribution in [-0.2, 0) is 17.1 Å². The predicted octanol–water partition coefficient (Wildman–Crippen LogP) is 0.0831. The van der Waals surface area contributed by atoms with Crippen molar-refractivity contribution in [3.8, 4) is 0 Å². The summed E-state index contributed by atoms with van der Waals surface area (Å²) < 4.78 is 0.528. The van der Waals surface area contributed by atoms with Crippen LogP contribution in [0.25, 0.3) is 0 Å². The smallest absolute Gasteiger partial charge is 0.425 e. The summed E-state index contributed by atoms with van der Waals surface area (Å²) in [6.07, 6.45) is 1.28. The van der Waals surface area contributed by atoms with E-state index in [-0.39, 0.29) is 17.1 Å². The van der Waals surface area contributed by atoms with Crippen molar-refractivity contribution >= 4 is 0 Å². The SMILES string of the molecule is O=c1ccccn1O.[Cu+2]. The summed E-state index contributed by atoms with van der Waals surface area (Å²) >= 11 is 0. The average Bonchev–Trinajstić information content (AvgIpc) is 1.77. The molecule has 0 aliphatic heterocycles. The summed E-state index contributed by atoms with van der Waals surface area (Å²) in [4.78, 5) is 10.3. The van der Waals surface area contributed by atoms with Gasteiger partial charge >= 0.3 is 17.1 Å². The molecule has 0 aliphatic rings. The Bertz CT molecular complexity index is 232. The standard InChI is InChI=1S/C5H5NO2.Cu/c7-5-3-1-2-4-6(5)8;/h1-4,8H;/q;+2. The quantitative estimate of drug-likeness (QED) is 0.447. The molecule has 0 aromatic carbocycles. The maximum Gasteiger partial charge on any atom is 2.00 e. The van der Waals surface area contributed by atoms with Gasteiger partial charge in [-0.2, -0.15) is 4.73 Å². The first-order chi connectivity index (χ1) is 3.80. The molecular weight excluding hydrogens is 170 g/mol. The monoisotopic (exact) mass is 174 g/mol. The predicted molar refractivity (Wildman–Crippen MR) is 27.9 cm³/mol. The second-order valence-electron chi connectivity index (χ2n) is 1.38. The van der Waals surface area contributed by atoms with Gasteiger partial charge in [0.1, 0.15) is 0 Å². The van der Waals surface area contributed by atoms with Gasteiger partial charge in [-0.15, -0.1) is 0 Å². The summed E-state index contributed by atoms with van der Waals surface area (Å²) in [5.74, 6) is 0. The third-order valence-corrected chi connectivity index (χ3v) is 0.803. The van der Waals surface area contributed by atoms with Gasteiger partial charge in [0.2, 0.25) is 0 Å². The fraction of sp³-hybridized carbons (Fsp3) is 0. The first kappa shape index (κ1) is 8.27. The Kier molecular flexibility index (Phi) is 3.06. The van der Waals surface area contributed by atoms with Gasteiger partial charge < -0.3 is 5.21 Å². The first-order valence-electron chi connectivity index (χ1n) is 2.17. The summed E-state index contributed by atoms with van der Waals surface area (Å²) in [7, 11) is 0. The molecule has 0 saturated heterocycles. The van der Waals surface area contributed by atoms with E-state index in [1.165, 1.54) is 12.3 Å². The van der Waals surface area contributed by atoms with Gasteiger partial charge in [-0.3, -0.25) is 4.79 Å². The van der Waals surface area contributed by atoms with Crippen LogP contribution >= 0.6 is 0 Å². The van der Waals surface area contributed by atoms with Crippen LogP contribution in [0.3, 0.4) is 0 Å². The molecule has 0 unspecified atom stereocenters. The van der Waals surface area contributed by atoms with Crippen LogP contribution in [0.5, 0.6) is 0 Å². The molecular formula is C5H5CuNO2+2. The molecule has 1 rings (SSSR count). The van der Waals surface area contributed by atoms with Crippen LogP contribution in [0, 0.1) is 0 Å². The van der Waals surface area contributed by atoms with Crippen LogP contribution in [0.1, 0.15) is 0 Å². The van der Waals surface area contributed by atoms with Crippen molar-refractivity contribution in [2.24, 2.45) is 0 Å². The molecule has 0 spiro atoms. The molecule has 0 bridgehead atoms. The summed E-state index contributed by atoms with van der Waals surface area (Å²) in [5, 5.41) is 8.52. The Labute approximate surface area is 62.4 Å². The van der Waals surface area contributed by atoms with Crippen LogP contribution in [0.15, 0.2) is 29.2 Å². The largest absolute Gasteiger partial charge is 2.00 e. The van der Waals surface area contributed by atoms with Crippen LogP contribution in [0.4, 0.5) is 0 Å². The normalized spacial score (nSPS) is 8.00. The third-order valence-electron chi connectivity index (χ3n) is 0.803. The fourth-order valence-corrected chi connectivity index (χ4v) is 0.419. The van der Waals surface area contributed by atoms with E-state index in [1.54, 1.807) is 12.1 Å². The molecule has 1 N–H and O–H groups in total. The Hall–Kier alpha value is -0.731. The molecule has 0 aliphatic carbocycles. The minimum absolute atomic E-state index is 0. The topological polar surface area (TPSA) is 42.2 Å². The number of hydrogen-bond acceptors (Lipinski definition) is 2. The molecule has 3 nitrogen and oxygen atoms in total. The second-order valence-corrected chi connectivity index (χ2v) is 1.38. The van der Waals surface area contributed by atoms with E-state index in [1.807, 2.05) is 0 Å². The van der Waals surface area contributed by atoms with Gasteiger partial charge in [-0.1, -0.05) is 6.07 Å². The maximum atomic E-state index is 10.3. The van der Waals surface area contributed by atoms with Gasteiger partial charge in [0.25, 0.3) is 5.56 Å². The maximum absolute atomic E-state index is 10.3. The van der Waals surface area contributed by atoms with Crippen molar-refractivity contribution in [1.29, 1.82) is 0 Å². The molecule has 4 heteroatoms. The van der Waals surface area contributed by atoms with Gasteiger partial charge in [0.15, 0.2) is 0 Å². The van der Waals surface area contributed by atoms with Gasteiger partial charge in [-0.05, 0) is 6.07 Å². The van der Waals surface area contributed by atoms with Crippen LogP contribution in [0.2, 0.25) is 0 Å². The number of hydrogen-bond donors (Lipinski definition) is 1. The van der Waals surface area contributed by atoms with Crippen LogP contribution in [-0.4, -0.2) is 9.94 Å². The molecule has 0 fully saturated rings. The molecule has 1 aromatic heterocycles. The molecule has 51 valence electrons. The van der Waals surface area contributed by atoms with E-state index in [2.05, 4.69) is 0 Å². The Morgan fingerprint density at radius 1 is 1.44 bits per heavy atom. The van der Waals surface area contributed by atoms with Gasteiger partial charge in [0.05, 0.1) is 0 Å². The van der Waals surface area contributed by atoms with Crippen molar-refractivity contribution in [1.82, 2.24) is 4.73 Å². The Balaban J connectivity index is 0.000000640. The van der Waals surface area contributed by atoms with Crippen molar-refractivity contribution in [2.75, 3.05) is 0 Å². The zero-order chi connectivity index (χ0) is 5.98. The molecule has 0 amide bonds. The van der Waals surface area contributed by atoms with Crippen molar-refractivity contribution in [2.45, 2.75) is 0 Å². The summed E-state index contributed by atoms with van der Waals surface area (Å²) in [6, 6.07) is 4.41. The Morgan fingerprint density at radius 3 is 2.44 bits per heavy atom. The number of pyridine rings is 1. The van der Waals surface area contributed by atoms with Crippen molar-refractivity contribution in [3.63, 3.8) is 0 Å². The zero-order valence-corrected chi connectivity index (χ0v) is 5.36. The van der Waals surface area contributed by atoms with Crippen molar-refractivity contribution in [3.05, 3.63) is 34.7 Å². The van der Waals surface area contributed by atoms with E-state index in [0.717, 1.165) is 0 Å². The molecule has 0 saturated carbocycles. The van der Waals surface area contributed by atoms with E-state index in [4.69, 9.17) is 5.21 Å². The number of nitrogens with zero attached hydrogens (tertiary/aromatic N) is 1. The van der Waals surface area contributed by atoms with E-state index < -0.39 is 5.56 Å². The molecule has 1 aromatic rings. The molecule has 0 atom stereocenters. The van der Waals surface area contributed by atoms with E-state index in [0.29, 0.717) is 4.73 Å². The van der Waals surface area contributed by atoms with Gasteiger partial charge in [-0.25, -0.2) is 0 Å². The summed E-state index contributed by atoms with van der Waals surface area (Å²) in [6.45, 7) is 0. The van der Waals surface area contributed by atoms with Crippen LogP contribution < -0.4 is 5.56 Å². The first-order valence-corrected chi connectivity index (χ1v) is 2.17. The summed E-state index contributed by atoms with van der Waals surface area (Å²) in [5.41, 5.74) is -0.410. The number of rotatable bonds is 0. The molecule has 1 heterocycles. The fourth-order valence-electron chi connectivity index (χ4n) is 0.419.